The van der Waals surface area contributed by atoms with Crippen molar-refractivity contribution < 1.29 is 9.53 Å². The van der Waals surface area contributed by atoms with Crippen LogP contribution in [0.2, 0.25) is 0 Å². The molecule has 3 heteroatoms. The SMILES string of the molecule is CC(C)(C)OC=O.CCC=C1CCNCC1. The highest BCUT2D eigenvalue weighted by atomic mass is 16.5. The highest BCUT2D eigenvalue weighted by molar-refractivity contribution is 5.37. The molecule has 94 valence electrons. The van der Waals surface area contributed by atoms with Crippen LogP contribution in [0.25, 0.3) is 0 Å². The Hall–Kier alpha value is -0.830. The number of hydrogen-bond acceptors (Lipinski definition) is 3. The van der Waals surface area contributed by atoms with E-state index in [0.717, 1.165) is 0 Å². The predicted octanol–water partition coefficient (Wildman–Crippen LogP) is 2.66. The van der Waals surface area contributed by atoms with Gasteiger partial charge >= 0.3 is 0 Å². The zero-order valence-electron chi connectivity index (χ0n) is 11.0. The maximum Gasteiger partial charge on any atom is 0.293 e. The van der Waals surface area contributed by atoms with E-state index in [2.05, 4.69) is 23.1 Å². The van der Waals surface area contributed by atoms with Gasteiger partial charge in [0.2, 0.25) is 0 Å². The van der Waals surface area contributed by atoms with E-state index in [1.54, 1.807) is 5.57 Å². The van der Waals surface area contributed by atoms with Crippen LogP contribution in [0.15, 0.2) is 11.6 Å². The predicted molar refractivity (Wildman–Crippen MR) is 67.4 cm³/mol. The van der Waals surface area contributed by atoms with Crippen molar-refractivity contribution in [2.75, 3.05) is 13.1 Å². The molecule has 0 atom stereocenters. The van der Waals surface area contributed by atoms with Gasteiger partial charge < -0.3 is 10.1 Å². The molecule has 1 saturated heterocycles. The summed E-state index contributed by atoms with van der Waals surface area (Å²) in [5.74, 6) is 0. The Balaban J connectivity index is 0.000000293. The van der Waals surface area contributed by atoms with E-state index in [9.17, 15) is 4.79 Å². The zero-order valence-corrected chi connectivity index (χ0v) is 11.0. The molecule has 3 nitrogen and oxygen atoms in total. The fourth-order valence-electron chi connectivity index (χ4n) is 1.39. The average Bonchev–Trinajstić information content (AvgIpc) is 2.19. The van der Waals surface area contributed by atoms with Gasteiger partial charge in [-0.05, 0) is 53.1 Å². The Kier molecular flexibility index (Phi) is 7.90. The fourth-order valence-corrected chi connectivity index (χ4v) is 1.39. The summed E-state index contributed by atoms with van der Waals surface area (Å²) in [6.45, 7) is 10.5. The van der Waals surface area contributed by atoms with Gasteiger partial charge in [0.05, 0.1) is 0 Å². The smallest absolute Gasteiger partial charge is 0.293 e. The van der Waals surface area contributed by atoms with Crippen LogP contribution in [-0.2, 0) is 9.53 Å². The summed E-state index contributed by atoms with van der Waals surface area (Å²) < 4.78 is 4.55. The summed E-state index contributed by atoms with van der Waals surface area (Å²) in [6.07, 6.45) is 6.11. The fraction of sp³-hybridized carbons (Fsp3) is 0.769. The largest absolute Gasteiger partial charge is 0.462 e. The Morgan fingerprint density at radius 3 is 2.19 bits per heavy atom. The molecule has 0 spiro atoms. The first kappa shape index (κ1) is 15.2. The summed E-state index contributed by atoms with van der Waals surface area (Å²) in [4.78, 5) is 9.60. The van der Waals surface area contributed by atoms with Crippen molar-refractivity contribution in [3.8, 4) is 0 Å². The maximum absolute atomic E-state index is 9.60. The van der Waals surface area contributed by atoms with Crippen LogP contribution in [0.4, 0.5) is 0 Å². The minimum atomic E-state index is -0.318. The van der Waals surface area contributed by atoms with Crippen LogP contribution < -0.4 is 5.32 Å². The molecule has 1 rings (SSSR count). The lowest BCUT2D eigenvalue weighted by molar-refractivity contribution is -0.138. The van der Waals surface area contributed by atoms with Crippen molar-refractivity contribution in [1.82, 2.24) is 5.32 Å². The van der Waals surface area contributed by atoms with E-state index in [1.165, 1.54) is 32.4 Å². The third kappa shape index (κ3) is 9.71. The number of carbonyl (C=O) groups is 1. The Labute approximate surface area is 99.3 Å². The minimum Gasteiger partial charge on any atom is -0.462 e. The molecule has 1 fully saturated rings. The van der Waals surface area contributed by atoms with Gasteiger partial charge in [-0.1, -0.05) is 18.6 Å². The first-order valence-corrected chi connectivity index (χ1v) is 5.99. The molecule has 1 N–H and O–H groups in total. The quantitative estimate of drug-likeness (QED) is 0.582. The average molecular weight is 227 g/mol. The summed E-state index contributed by atoms with van der Waals surface area (Å²) in [5, 5.41) is 3.33. The molecule has 0 aromatic carbocycles. The lowest BCUT2D eigenvalue weighted by Crippen LogP contribution is -2.22. The number of carbonyl (C=O) groups excluding carboxylic acids is 1. The van der Waals surface area contributed by atoms with Crippen molar-refractivity contribution in [3.63, 3.8) is 0 Å². The van der Waals surface area contributed by atoms with Crippen molar-refractivity contribution in [2.45, 2.75) is 52.6 Å². The number of rotatable bonds is 2. The summed E-state index contributed by atoms with van der Waals surface area (Å²) in [7, 11) is 0. The Morgan fingerprint density at radius 1 is 1.31 bits per heavy atom. The van der Waals surface area contributed by atoms with E-state index in [-0.39, 0.29) is 5.60 Å². The lowest BCUT2D eigenvalue weighted by Gasteiger charge is -2.14. The van der Waals surface area contributed by atoms with Gasteiger partial charge in [-0.15, -0.1) is 0 Å². The van der Waals surface area contributed by atoms with E-state index < -0.39 is 0 Å². The first-order valence-electron chi connectivity index (χ1n) is 5.99. The van der Waals surface area contributed by atoms with E-state index in [1.807, 2.05) is 20.8 Å². The topological polar surface area (TPSA) is 38.3 Å². The number of hydrogen-bond donors (Lipinski definition) is 1. The highest BCUT2D eigenvalue weighted by Gasteiger charge is 2.07. The van der Waals surface area contributed by atoms with E-state index in [0.29, 0.717) is 6.47 Å². The van der Waals surface area contributed by atoms with Crippen LogP contribution in [0.5, 0.6) is 0 Å². The van der Waals surface area contributed by atoms with E-state index in [4.69, 9.17) is 0 Å². The maximum atomic E-state index is 9.60. The highest BCUT2D eigenvalue weighted by Crippen LogP contribution is 2.09. The van der Waals surface area contributed by atoms with Crippen LogP contribution >= 0.6 is 0 Å². The summed E-state index contributed by atoms with van der Waals surface area (Å²) in [6, 6.07) is 0. The molecule has 1 aliphatic rings. The van der Waals surface area contributed by atoms with Crippen LogP contribution in [0.3, 0.4) is 0 Å². The van der Waals surface area contributed by atoms with Gasteiger partial charge in [0.1, 0.15) is 5.60 Å². The van der Waals surface area contributed by atoms with Gasteiger partial charge in [0.25, 0.3) is 6.47 Å². The second-order valence-corrected chi connectivity index (χ2v) is 4.85. The minimum absolute atomic E-state index is 0.318. The number of ether oxygens (including phenoxy) is 1. The molecule has 16 heavy (non-hydrogen) atoms. The molecule has 0 radical (unpaired) electrons. The number of allylic oxidation sites excluding steroid dienone is 1. The molecular formula is C13H25NO2. The molecule has 0 aliphatic carbocycles. The second-order valence-electron chi connectivity index (χ2n) is 4.85. The Morgan fingerprint density at radius 2 is 1.88 bits per heavy atom. The second kappa shape index (κ2) is 8.34. The van der Waals surface area contributed by atoms with Gasteiger partial charge in [-0.25, -0.2) is 0 Å². The van der Waals surface area contributed by atoms with Gasteiger partial charge in [-0.3, -0.25) is 4.79 Å². The molecule has 0 amide bonds. The summed E-state index contributed by atoms with van der Waals surface area (Å²) in [5.41, 5.74) is 1.33. The third-order valence-corrected chi connectivity index (χ3v) is 2.14. The van der Waals surface area contributed by atoms with Crippen molar-refractivity contribution >= 4 is 6.47 Å². The van der Waals surface area contributed by atoms with Gasteiger partial charge in [-0.2, -0.15) is 0 Å². The molecule has 0 bridgehead atoms. The van der Waals surface area contributed by atoms with Crippen molar-refractivity contribution in [3.05, 3.63) is 11.6 Å². The normalized spacial score (nSPS) is 15.9. The van der Waals surface area contributed by atoms with E-state index >= 15 is 0 Å². The van der Waals surface area contributed by atoms with Crippen LogP contribution in [0, 0.1) is 0 Å². The molecule has 0 unspecified atom stereocenters. The Bertz CT molecular complexity index is 208. The molecule has 0 aromatic heterocycles. The van der Waals surface area contributed by atoms with Gasteiger partial charge in [0.15, 0.2) is 0 Å². The molecule has 1 aliphatic heterocycles. The van der Waals surface area contributed by atoms with Crippen molar-refractivity contribution in [1.29, 1.82) is 0 Å². The molecular weight excluding hydrogens is 202 g/mol. The number of nitrogens with one attached hydrogen (secondary N) is 1. The van der Waals surface area contributed by atoms with Crippen LogP contribution in [-0.4, -0.2) is 25.2 Å². The van der Waals surface area contributed by atoms with Gasteiger partial charge in [0, 0.05) is 0 Å². The molecule has 0 aromatic rings. The zero-order chi connectivity index (χ0) is 12.4. The lowest BCUT2D eigenvalue weighted by atomic mass is 10.1. The molecule has 0 saturated carbocycles. The standard InChI is InChI=1S/C8H15N.C5H10O2/c1-2-3-8-4-6-9-7-5-8;1-5(2,3)7-4-6/h3,9H,2,4-7H2,1H3;4H,1-3H3. The number of piperidine rings is 1. The third-order valence-electron chi connectivity index (χ3n) is 2.14. The summed E-state index contributed by atoms with van der Waals surface area (Å²) >= 11 is 0. The first-order chi connectivity index (χ1) is 7.49. The molecule has 1 heterocycles. The van der Waals surface area contributed by atoms with Crippen molar-refractivity contribution in [2.24, 2.45) is 0 Å². The monoisotopic (exact) mass is 227 g/mol. The van der Waals surface area contributed by atoms with Crippen LogP contribution in [0.1, 0.15) is 47.0 Å².